The minimum absolute atomic E-state index is 0.0565. The molecule has 0 rings (SSSR count). The van der Waals surface area contributed by atoms with Crippen molar-refractivity contribution in [3.63, 3.8) is 0 Å². The Hall–Kier alpha value is -0.0300. The molecule has 3 heteroatoms. The van der Waals surface area contributed by atoms with Crippen molar-refractivity contribution in [1.82, 2.24) is 0 Å². The van der Waals surface area contributed by atoms with Crippen LogP contribution in [-0.2, 0) is 4.57 Å². The fourth-order valence-electron chi connectivity index (χ4n) is 0.204. The fraction of sp³-hybridized carbons (Fsp3) is 0.750. The van der Waals surface area contributed by atoms with E-state index in [0.717, 1.165) is 0 Å². The summed E-state index contributed by atoms with van der Waals surface area (Å²) in [6.45, 7) is 0.155. The van der Waals surface area contributed by atoms with Crippen LogP contribution in [-0.4, -0.2) is 11.7 Å². The van der Waals surface area contributed by atoms with E-state index in [2.05, 4.69) is 5.63 Å². The Morgan fingerprint density at radius 3 is 2.86 bits per heavy atom. The second-order valence-corrected chi connectivity index (χ2v) is 1.58. The van der Waals surface area contributed by atoms with E-state index in [4.69, 9.17) is 5.11 Å². The Kier molecular flexibility index (Phi) is 5.94. The summed E-state index contributed by atoms with van der Waals surface area (Å²) in [5, 5.41) is 8.15. The number of aliphatic hydroxyl groups is 1. The van der Waals surface area contributed by atoms with Crippen LogP contribution < -0.4 is 0 Å². The quantitative estimate of drug-likeness (QED) is 0.434. The molecule has 0 saturated heterocycles. The van der Waals surface area contributed by atoms with Crippen LogP contribution >= 0.6 is 7.92 Å². The third kappa shape index (κ3) is 5.97. The summed E-state index contributed by atoms with van der Waals surface area (Å²) in [6, 6.07) is 0. The molecule has 1 N–H and O–H groups in total. The summed E-state index contributed by atoms with van der Waals surface area (Å²) in [4.78, 5) is 0. The predicted molar refractivity (Wildman–Crippen MR) is 27.8 cm³/mol. The molecule has 0 aliphatic rings. The van der Waals surface area contributed by atoms with E-state index in [1.165, 1.54) is 0 Å². The molecule has 7 heavy (non-hydrogen) atoms. The molecule has 0 spiro atoms. The van der Waals surface area contributed by atoms with Gasteiger partial charge >= 0.3 is 42.7 Å². The Balaban J connectivity index is 2.93. The van der Waals surface area contributed by atoms with Gasteiger partial charge in [-0.3, -0.25) is 0 Å². The maximum absolute atomic E-state index is 9.58. The molecule has 0 bridgehead atoms. The van der Waals surface area contributed by atoms with Gasteiger partial charge in [-0.15, -0.1) is 0 Å². The minimum atomic E-state index is -0.0565. The zero-order valence-corrected chi connectivity index (χ0v) is 4.82. The van der Waals surface area contributed by atoms with Gasteiger partial charge in [-0.05, 0) is 0 Å². The summed E-state index contributed by atoms with van der Waals surface area (Å²) in [5.74, 6) is 0. The van der Waals surface area contributed by atoms with Gasteiger partial charge in [-0.25, -0.2) is 0 Å². The van der Waals surface area contributed by atoms with Gasteiger partial charge in [0.15, 0.2) is 0 Å². The van der Waals surface area contributed by atoms with Gasteiger partial charge < -0.3 is 0 Å². The predicted octanol–water partition coefficient (Wildman–Crippen LogP) is 1.01. The number of hydrogen-bond donors (Lipinski definition) is 1. The zero-order valence-electron chi connectivity index (χ0n) is 3.92. The number of unbranched alkanes of at least 4 members (excludes halogenated alkanes) is 1. The third-order valence-electron chi connectivity index (χ3n) is 0.511. The van der Waals surface area contributed by atoms with Gasteiger partial charge in [0.2, 0.25) is 0 Å². The van der Waals surface area contributed by atoms with E-state index in [1.807, 2.05) is 0 Å². The summed E-state index contributed by atoms with van der Waals surface area (Å²) in [6.07, 6.45) is 1.27. The molecule has 0 aromatic heterocycles. The summed E-state index contributed by atoms with van der Waals surface area (Å²) in [5.41, 5.74) is 2.51. The van der Waals surface area contributed by atoms with Gasteiger partial charge in [-0.1, -0.05) is 0 Å². The summed E-state index contributed by atoms with van der Waals surface area (Å²) in [7, 11) is -0.0565. The second-order valence-electron chi connectivity index (χ2n) is 1.08. The van der Waals surface area contributed by atoms with Crippen molar-refractivity contribution in [2.45, 2.75) is 12.8 Å². The molecule has 0 heterocycles. The van der Waals surface area contributed by atoms with E-state index in [0.29, 0.717) is 12.8 Å². The summed E-state index contributed by atoms with van der Waals surface area (Å²) < 4.78 is 9.58. The number of aliphatic hydroxyl groups excluding tert-OH is 1. The Bertz CT molecular complexity index is 113. The van der Waals surface area contributed by atoms with Crippen LogP contribution in [0, 0.1) is 5.63 Å². The molecule has 0 amide bonds. The van der Waals surface area contributed by atoms with E-state index in [9.17, 15) is 4.57 Å². The molecule has 2 nitrogen and oxygen atoms in total. The topological polar surface area (TPSA) is 37.3 Å². The second kappa shape index (κ2) is 5.97. The number of rotatable bonds is 2. The SMILES string of the molecule is O=P#CCCCO. The molecule has 0 radical (unpaired) electrons. The molecule has 0 aliphatic heterocycles. The average Bonchev–Trinajstić information content (AvgIpc) is 1.69. The molecule has 0 unspecified atom stereocenters. The standard InChI is InChI=1S/C4H7O2P/c5-3-1-2-4-7-6/h5H,1-3H2. The Morgan fingerprint density at radius 2 is 2.43 bits per heavy atom. The molecule has 0 aromatic rings. The molecular weight excluding hydrogens is 111 g/mol. The molecule has 0 saturated carbocycles. The van der Waals surface area contributed by atoms with Gasteiger partial charge in [0.05, 0.1) is 0 Å². The van der Waals surface area contributed by atoms with Crippen LogP contribution in [0.4, 0.5) is 0 Å². The van der Waals surface area contributed by atoms with Crippen LogP contribution in [0.15, 0.2) is 0 Å². The normalized spacial score (nSPS) is 7.57. The van der Waals surface area contributed by atoms with Crippen LogP contribution in [0.2, 0.25) is 0 Å². The average molecular weight is 118 g/mol. The van der Waals surface area contributed by atoms with Crippen molar-refractivity contribution in [3.8, 4) is 5.63 Å². The number of hydrogen-bond acceptors (Lipinski definition) is 2. The first-order chi connectivity index (χ1) is 3.41. The van der Waals surface area contributed by atoms with E-state index >= 15 is 0 Å². The van der Waals surface area contributed by atoms with Crippen LogP contribution in [0.1, 0.15) is 12.8 Å². The first-order valence-electron chi connectivity index (χ1n) is 2.08. The van der Waals surface area contributed by atoms with Crippen molar-refractivity contribution >= 4 is 7.92 Å². The van der Waals surface area contributed by atoms with Gasteiger partial charge in [-0.2, -0.15) is 0 Å². The molecular formula is C4H7O2P. The zero-order chi connectivity index (χ0) is 5.54. The molecule has 0 atom stereocenters. The first-order valence-corrected chi connectivity index (χ1v) is 2.89. The van der Waals surface area contributed by atoms with Crippen LogP contribution in [0.25, 0.3) is 0 Å². The van der Waals surface area contributed by atoms with Crippen molar-refractivity contribution in [3.05, 3.63) is 0 Å². The summed E-state index contributed by atoms with van der Waals surface area (Å²) >= 11 is 0. The monoisotopic (exact) mass is 118 g/mol. The van der Waals surface area contributed by atoms with Crippen molar-refractivity contribution in [2.75, 3.05) is 6.61 Å². The van der Waals surface area contributed by atoms with Crippen molar-refractivity contribution in [2.24, 2.45) is 0 Å². The molecule has 0 fully saturated rings. The van der Waals surface area contributed by atoms with Crippen LogP contribution in [0.3, 0.4) is 0 Å². The van der Waals surface area contributed by atoms with E-state index < -0.39 is 0 Å². The Morgan fingerprint density at radius 1 is 1.71 bits per heavy atom. The molecule has 0 aromatic carbocycles. The maximum atomic E-state index is 9.58. The van der Waals surface area contributed by atoms with Gasteiger partial charge in [0.1, 0.15) is 0 Å². The van der Waals surface area contributed by atoms with Crippen molar-refractivity contribution < 1.29 is 9.67 Å². The first kappa shape index (κ1) is 6.97. The molecule has 0 aliphatic carbocycles. The van der Waals surface area contributed by atoms with Crippen LogP contribution in [0.5, 0.6) is 0 Å². The Labute approximate surface area is 43.7 Å². The molecule has 40 valence electrons. The van der Waals surface area contributed by atoms with Gasteiger partial charge in [0.25, 0.3) is 0 Å². The van der Waals surface area contributed by atoms with Crippen molar-refractivity contribution in [1.29, 1.82) is 0 Å². The third-order valence-corrected chi connectivity index (χ3v) is 0.864. The van der Waals surface area contributed by atoms with Gasteiger partial charge in [0, 0.05) is 0 Å². The van der Waals surface area contributed by atoms with E-state index in [1.54, 1.807) is 0 Å². The van der Waals surface area contributed by atoms with E-state index in [-0.39, 0.29) is 14.5 Å². The fourth-order valence-corrected chi connectivity index (χ4v) is 0.453.